The Bertz CT molecular complexity index is 1310. The van der Waals surface area contributed by atoms with E-state index in [0.29, 0.717) is 19.3 Å². The van der Waals surface area contributed by atoms with Crippen LogP contribution in [0.4, 0.5) is 0 Å². The summed E-state index contributed by atoms with van der Waals surface area (Å²) < 4.78 is 0. The van der Waals surface area contributed by atoms with E-state index in [-0.39, 0.29) is 30.8 Å². The number of hydrogen-bond donors (Lipinski definition) is 3. The molecule has 8 heteroatoms. The Morgan fingerprint density at radius 2 is 1.61 bits per heavy atom. The molecule has 0 aliphatic heterocycles. The minimum atomic E-state index is -1.04. The normalized spacial score (nSPS) is 13.3. The van der Waals surface area contributed by atoms with Gasteiger partial charge >= 0.3 is 5.97 Å². The summed E-state index contributed by atoms with van der Waals surface area (Å²) in [7, 11) is 0. The first-order valence-corrected chi connectivity index (χ1v) is 13.8. The highest BCUT2D eigenvalue weighted by molar-refractivity contribution is 5.90. The SMILES string of the molecule is Cc1cccc(-c2ccccc2CCC[C@H](CC(=O)O)C(=O)N[C@H](C(=O)N[C@H](C)c2ccncc2)C(C)(C)C)c1.Cl. The van der Waals surface area contributed by atoms with Crippen LogP contribution in [0.15, 0.2) is 73.1 Å². The average Bonchev–Trinajstić information content (AvgIpc) is 2.90. The molecule has 0 bridgehead atoms. The maximum Gasteiger partial charge on any atom is 0.304 e. The molecule has 220 valence electrons. The molecule has 0 spiro atoms. The molecule has 41 heavy (non-hydrogen) atoms. The van der Waals surface area contributed by atoms with E-state index < -0.39 is 29.3 Å². The Morgan fingerprint density at radius 3 is 2.24 bits per heavy atom. The molecule has 2 amide bonds. The van der Waals surface area contributed by atoms with E-state index >= 15 is 0 Å². The Balaban J connectivity index is 0.00000588. The van der Waals surface area contributed by atoms with Crippen LogP contribution in [0.3, 0.4) is 0 Å². The largest absolute Gasteiger partial charge is 0.481 e. The minimum absolute atomic E-state index is 0. The van der Waals surface area contributed by atoms with E-state index in [2.05, 4.69) is 52.9 Å². The van der Waals surface area contributed by atoms with Crippen LogP contribution in [0.2, 0.25) is 0 Å². The van der Waals surface area contributed by atoms with Crippen molar-refractivity contribution in [3.63, 3.8) is 0 Å². The second kappa shape index (κ2) is 15.3. The zero-order valence-corrected chi connectivity index (χ0v) is 25.3. The Kier molecular flexibility index (Phi) is 12.5. The molecule has 1 aromatic heterocycles. The number of nitrogens with zero attached hydrogens (tertiary/aromatic N) is 1. The highest BCUT2D eigenvalue weighted by Crippen LogP contribution is 2.27. The molecule has 7 nitrogen and oxygen atoms in total. The first-order chi connectivity index (χ1) is 19.0. The molecule has 0 saturated heterocycles. The molecule has 0 saturated carbocycles. The van der Waals surface area contributed by atoms with Gasteiger partial charge in [0.05, 0.1) is 12.5 Å². The summed E-state index contributed by atoms with van der Waals surface area (Å²) in [4.78, 5) is 42.4. The quantitative estimate of drug-likeness (QED) is 0.233. The lowest BCUT2D eigenvalue weighted by atomic mass is 9.85. The van der Waals surface area contributed by atoms with Gasteiger partial charge in [-0.15, -0.1) is 12.4 Å². The third-order valence-corrected chi connectivity index (χ3v) is 7.12. The highest BCUT2D eigenvalue weighted by Gasteiger charge is 2.35. The summed E-state index contributed by atoms with van der Waals surface area (Å²) in [5, 5.41) is 15.4. The van der Waals surface area contributed by atoms with E-state index in [1.165, 1.54) is 5.56 Å². The topological polar surface area (TPSA) is 108 Å². The monoisotopic (exact) mass is 579 g/mol. The van der Waals surface area contributed by atoms with E-state index in [9.17, 15) is 19.5 Å². The number of rotatable bonds is 12. The molecule has 1 heterocycles. The van der Waals surface area contributed by atoms with Gasteiger partial charge in [-0.3, -0.25) is 19.4 Å². The van der Waals surface area contributed by atoms with Crippen LogP contribution in [0.5, 0.6) is 0 Å². The number of carboxylic acid groups (broad SMARTS) is 1. The van der Waals surface area contributed by atoms with Crippen LogP contribution in [-0.2, 0) is 20.8 Å². The Morgan fingerprint density at radius 1 is 0.927 bits per heavy atom. The fourth-order valence-corrected chi connectivity index (χ4v) is 4.88. The summed E-state index contributed by atoms with van der Waals surface area (Å²) in [6.07, 6.45) is 4.77. The molecule has 3 atom stereocenters. The minimum Gasteiger partial charge on any atom is -0.481 e. The van der Waals surface area contributed by atoms with Gasteiger partial charge in [-0.1, -0.05) is 74.9 Å². The molecule has 0 aliphatic rings. The van der Waals surface area contributed by atoms with Crippen LogP contribution in [-0.4, -0.2) is 33.9 Å². The maximum atomic E-state index is 13.4. The van der Waals surface area contributed by atoms with E-state index in [0.717, 1.165) is 22.3 Å². The van der Waals surface area contributed by atoms with Gasteiger partial charge in [0.1, 0.15) is 6.04 Å². The van der Waals surface area contributed by atoms with Crippen molar-refractivity contribution in [2.45, 2.75) is 72.4 Å². The third-order valence-electron chi connectivity index (χ3n) is 7.12. The summed E-state index contributed by atoms with van der Waals surface area (Å²) in [5.74, 6) is -2.52. The molecular formula is C33H42ClN3O4. The Labute approximate surface area is 249 Å². The molecular weight excluding hydrogens is 538 g/mol. The van der Waals surface area contributed by atoms with Gasteiger partial charge in [0, 0.05) is 18.3 Å². The van der Waals surface area contributed by atoms with Crippen molar-refractivity contribution in [1.29, 1.82) is 0 Å². The van der Waals surface area contributed by atoms with Crippen molar-refractivity contribution in [3.8, 4) is 11.1 Å². The van der Waals surface area contributed by atoms with Gasteiger partial charge in [0.2, 0.25) is 11.8 Å². The number of benzene rings is 2. The lowest BCUT2D eigenvalue weighted by Gasteiger charge is -2.32. The second-order valence-corrected chi connectivity index (χ2v) is 11.5. The van der Waals surface area contributed by atoms with Crippen molar-refractivity contribution in [2.24, 2.45) is 11.3 Å². The van der Waals surface area contributed by atoms with E-state index in [1.54, 1.807) is 12.4 Å². The molecule has 2 aromatic carbocycles. The molecule has 3 rings (SSSR count). The molecule has 0 aliphatic carbocycles. The number of amides is 2. The smallest absolute Gasteiger partial charge is 0.304 e. The number of carboxylic acids is 1. The van der Waals surface area contributed by atoms with Crippen LogP contribution >= 0.6 is 12.4 Å². The zero-order chi connectivity index (χ0) is 29.3. The number of aryl methyl sites for hydroxylation is 2. The van der Waals surface area contributed by atoms with Gasteiger partial charge in [-0.25, -0.2) is 0 Å². The predicted molar refractivity (Wildman–Crippen MR) is 165 cm³/mol. The van der Waals surface area contributed by atoms with Gasteiger partial charge in [-0.05, 0) is 72.9 Å². The predicted octanol–water partition coefficient (Wildman–Crippen LogP) is 6.30. The van der Waals surface area contributed by atoms with Crippen LogP contribution in [0.25, 0.3) is 11.1 Å². The van der Waals surface area contributed by atoms with E-state index in [1.807, 2.05) is 58.0 Å². The number of pyridine rings is 1. The number of halogens is 1. The van der Waals surface area contributed by atoms with Crippen molar-refractivity contribution >= 4 is 30.2 Å². The third kappa shape index (κ3) is 10.0. The zero-order valence-electron chi connectivity index (χ0n) is 24.5. The maximum absolute atomic E-state index is 13.4. The summed E-state index contributed by atoms with van der Waals surface area (Å²) >= 11 is 0. The molecule has 0 radical (unpaired) electrons. The van der Waals surface area contributed by atoms with Crippen molar-refractivity contribution in [3.05, 3.63) is 89.7 Å². The number of aliphatic carboxylic acids is 1. The fourth-order valence-electron chi connectivity index (χ4n) is 4.88. The first kappa shape index (κ1) is 33.5. The van der Waals surface area contributed by atoms with Gasteiger partial charge < -0.3 is 15.7 Å². The molecule has 0 fully saturated rings. The fraction of sp³-hybridized carbons (Fsp3) is 0.394. The number of hydrogen-bond acceptors (Lipinski definition) is 4. The number of carbonyl (C=O) groups excluding carboxylic acids is 2. The summed E-state index contributed by atoms with van der Waals surface area (Å²) in [5.41, 5.74) is 4.92. The average molecular weight is 580 g/mol. The number of carbonyl (C=O) groups is 3. The standard InChI is InChI=1S/C33H41N3O4.ClH/c1-22-10-8-13-26(20-22)28-15-7-6-11-25(28)12-9-14-27(21-29(37)38)31(39)36-30(33(3,4)5)32(40)35-23(2)24-16-18-34-19-17-24;/h6-8,10-11,13,15-20,23,27,30H,9,12,14,21H2,1-5H3,(H,35,40)(H,36,39)(H,37,38);1H/t23-,27-,30-;/m1./s1. The molecule has 0 unspecified atom stereocenters. The van der Waals surface area contributed by atoms with Gasteiger partial charge in [0.15, 0.2) is 0 Å². The van der Waals surface area contributed by atoms with Crippen molar-refractivity contribution < 1.29 is 19.5 Å². The van der Waals surface area contributed by atoms with E-state index in [4.69, 9.17) is 0 Å². The lowest BCUT2D eigenvalue weighted by molar-refractivity contribution is -0.142. The van der Waals surface area contributed by atoms with Crippen molar-refractivity contribution in [2.75, 3.05) is 0 Å². The number of aromatic nitrogens is 1. The molecule has 3 N–H and O–H groups in total. The van der Waals surface area contributed by atoms with Gasteiger partial charge in [-0.2, -0.15) is 0 Å². The molecule has 3 aromatic rings. The van der Waals surface area contributed by atoms with Crippen molar-refractivity contribution in [1.82, 2.24) is 15.6 Å². The van der Waals surface area contributed by atoms with Crippen LogP contribution in [0.1, 0.15) is 69.7 Å². The lowest BCUT2D eigenvalue weighted by Crippen LogP contribution is -2.55. The van der Waals surface area contributed by atoms with Crippen LogP contribution < -0.4 is 10.6 Å². The first-order valence-electron chi connectivity index (χ1n) is 13.8. The summed E-state index contributed by atoms with van der Waals surface area (Å²) in [6, 6.07) is 19.0. The highest BCUT2D eigenvalue weighted by atomic mass is 35.5. The number of nitrogens with one attached hydrogen (secondary N) is 2. The second-order valence-electron chi connectivity index (χ2n) is 11.5. The van der Waals surface area contributed by atoms with Crippen LogP contribution in [0, 0.1) is 18.3 Å². The summed E-state index contributed by atoms with van der Waals surface area (Å²) in [6.45, 7) is 9.57. The Hall–Kier alpha value is -3.71. The van der Waals surface area contributed by atoms with Gasteiger partial charge in [0.25, 0.3) is 0 Å².